The zero-order valence-corrected chi connectivity index (χ0v) is 13.6. The Bertz CT molecular complexity index is 745. The van der Waals surface area contributed by atoms with Crippen molar-refractivity contribution in [3.8, 4) is 0 Å². The van der Waals surface area contributed by atoms with Gasteiger partial charge in [-0.2, -0.15) is 0 Å². The molecule has 0 bridgehead atoms. The van der Waals surface area contributed by atoms with E-state index in [2.05, 4.69) is 22.3 Å². The number of anilines is 2. The standard InChI is InChI=1S/C18H19N3OS/c19-18(23)14-6-3-8-15(11-14)20-17(22)12-21-10-4-7-13-5-1-2-9-16(13)21/h1-3,5-6,8-9,11H,4,7,10,12H2,(H2,19,23)(H,20,22). The second-order valence-electron chi connectivity index (χ2n) is 5.65. The minimum Gasteiger partial charge on any atom is -0.389 e. The first kappa shape index (κ1) is 15.5. The van der Waals surface area contributed by atoms with Gasteiger partial charge >= 0.3 is 0 Å². The molecule has 3 rings (SSSR count). The molecular weight excluding hydrogens is 306 g/mol. The molecule has 5 heteroatoms. The second-order valence-corrected chi connectivity index (χ2v) is 6.09. The van der Waals surface area contributed by atoms with Gasteiger partial charge in [-0.05, 0) is 36.6 Å². The Morgan fingerprint density at radius 3 is 2.87 bits per heavy atom. The maximum Gasteiger partial charge on any atom is 0.243 e. The normalized spacial score (nSPS) is 13.3. The molecule has 0 saturated carbocycles. The van der Waals surface area contributed by atoms with Crippen molar-refractivity contribution in [2.45, 2.75) is 12.8 Å². The number of benzene rings is 2. The van der Waals surface area contributed by atoms with Gasteiger partial charge in [-0.25, -0.2) is 0 Å². The number of rotatable bonds is 4. The molecule has 1 heterocycles. The summed E-state index contributed by atoms with van der Waals surface area (Å²) in [5, 5.41) is 2.92. The summed E-state index contributed by atoms with van der Waals surface area (Å²) in [5.74, 6) is -0.0400. The van der Waals surface area contributed by atoms with Gasteiger partial charge in [-0.3, -0.25) is 4.79 Å². The van der Waals surface area contributed by atoms with Crippen LogP contribution in [0.2, 0.25) is 0 Å². The molecule has 0 aliphatic carbocycles. The number of para-hydroxylation sites is 1. The molecular formula is C18H19N3OS. The van der Waals surface area contributed by atoms with E-state index in [1.807, 2.05) is 30.3 Å². The van der Waals surface area contributed by atoms with Gasteiger partial charge in [0.05, 0.1) is 6.54 Å². The van der Waals surface area contributed by atoms with E-state index in [0.717, 1.165) is 30.6 Å². The Balaban J connectivity index is 1.69. The zero-order valence-electron chi connectivity index (χ0n) is 12.8. The van der Waals surface area contributed by atoms with Crippen LogP contribution < -0.4 is 16.0 Å². The van der Waals surface area contributed by atoms with E-state index < -0.39 is 0 Å². The molecule has 2 aromatic carbocycles. The first-order valence-electron chi connectivity index (χ1n) is 7.66. The van der Waals surface area contributed by atoms with E-state index in [-0.39, 0.29) is 5.91 Å². The topological polar surface area (TPSA) is 58.4 Å². The average Bonchev–Trinajstić information content (AvgIpc) is 2.55. The van der Waals surface area contributed by atoms with E-state index in [4.69, 9.17) is 18.0 Å². The predicted octanol–water partition coefficient (Wildman–Crippen LogP) is 2.71. The molecule has 0 radical (unpaired) electrons. The fourth-order valence-corrected chi connectivity index (χ4v) is 3.03. The van der Waals surface area contributed by atoms with Gasteiger partial charge in [0.25, 0.3) is 0 Å². The highest BCUT2D eigenvalue weighted by Gasteiger charge is 2.18. The van der Waals surface area contributed by atoms with Crippen molar-refractivity contribution in [1.29, 1.82) is 0 Å². The Morgan fingerprint density at radius 2 is 2.04 bits per heavy atom. The minimum absolute atomic E-state index is 0.0400. The van der Waals surface area contributed by atoms with Gasteiger partial charge in [-0.15, -0.1) is 0 Å². The van der Waals surface area contributed by atoms with Crippen molar-refractivity contribution in [3.63, 3.8) is 0 Å². The summed E-state index contributed by atoms with van der Waals surface area (Å²) in [7, 11) is 0. The van der Waals surface area contributed by atoms with Crippen LogP contribution in [0, 0.1) is 0 Å². The molecule has 0 atom stereocenters. The fraction of sp³-hybridized carbons (Fsp3) is 0.222. The molecule has 1 aliphatic rings. The molecule has 1 aliphatic heterocycles. The lowest BCUT2D eigenvalue weighted by molar-refractivity contribution is -0.115. The molecule has 0 fully saturated rings. The molecule has 118 valence electrons. The van der Waals surface area contributed by atoms with Gasteiger partial charge < -0.3 is 16.0 Å². The molecule has 0 aromatic heterocycles. The molecule has 0 saturated heterocycles. The largest absolute Gasteiger partial charge is 0.389 e. The summed E-state index contributed by atoms with van der Waals surface area (Å²) < 4.78 is 0. The van der Waals surface area contributed by atoms with Gasteiger partial charge in [0.1, 0.15) is 4.99 Å². The highest BCUT2D eigenvalue weighted by molar-refractivity contribution is 7.80. The first-order chi connectivity index (χ1) is 11.1. The van der Waals surface area contributed by atoms with E-state index in [1.54, 1.807) is 6.07 Å². The van der Waals surface area contributed by atoms with Crippen LogP contribution in [0.3, 0.4) is 0 Å². The van der Waals surface area contributed by atoms with E-state index in [9.17, 15) is 4.79 Å². The van der Waals surface area contributed by atoms with Gasteiger partial charge in [0.2, 0.25) is 5.91 Å². The number of nitrogens with one attached hydrogen (secondary N) is 1. The third kappa shape index (κ3) is 3.68. The summed E-state index contributed by atoms with van der Waals surface area (Å²) >= 11 is 4.97. The Hall–Kier alpha value is -2.40. The lowest BCUT2D eigenvalue weighted by Crippen LogP contribution is -2.36. The van der Waals surface area contributed by atoms with Crippen LogP contribution in [0.5, 0.6) is 0 Å². The number of carbonyl (C=O) groups excluding carboxylic acids is 1. The highest BCUT2D eigenvalue weighted by atomic mass is 32.1. The van der Waals surface area contributed by atoms with Crippen LogP contribution in [0.1, 0.15) is 17.5 Å². The first-order valence-corrected chi connectivity index (χ1v) is 8.07. The number of nitrogens with two attached hydrogens (primary N) is 1. The number of amides is 1. The summed E-state index contributed by atoms with van der Waals surface area (Å²) in [6.07, 6.45) is 2.14. The highest BCUT2D eigenvalue weighted by Crippen LogP contribution is 2.26. The Kier molecular flexibility index (Phi) is 4.57. The zero-order chi connectivity index (χ0) is 16.2. The van der Waals surface area contributed by atoms with Gasteiger partial charge in [0.15, 0.2) is 0 Å². The minimum atomic E-state index is -0.0400. The number of hydrogen-bond donors (Lipinski definition) is 2. The second kappa shape index (κ2) is 6.79. The molecule has 0 spiro atoms. The lowest BCUT2D eigenvalue weighted by Gasteiger charge is -2.30. The Labute approximate surface area is 141 Å². The predicted molar refractivity (Wildman–Crippen MR) is 97.9 cm³/mol. The van der Waals surface area contributed by atoms with Crippen molar-refractivity contribution in [2.75, 3.05) is 23.3 Å². The molecule has 4 nitrogen and oxygen atoms in total. The smallest absolute Gasteiger partial charge is 0.243 e. The SMILES string of the molecule is NC(=S)c1cccc(NC(=O)CN2CCCc3ccccc32)c1. The molecule has 0 unspecified atom stereocenters. The van der Waals surface area contributed by atoms with Crippen molar-refractivity contribution >= 4 is 34.5 Å². The van der Waals surface area contributed by atoms with Crippen molar-refractivity contribution in [3.05, 3.63) is 59.7 Å². The third-order valence-corrected chi connectivity index (χ3v) is 4.21. The third-order valence-electron chi connectivity index (χ3n) is 3.97. The van der Waals surface area contributed by atoms with Crippen LogP contribution >= 0.6 is 12.2 Å². The monoisotopic (exact) mass is 325 g/mol. The van der Waals surface area contributed by atoms with Crippen LogP contribution in [0.4, 0.5) is 11.4 Å². The fourth-order valence-electron chi connectivity index (χ4n) is 2.90. The molecule has 3 N–H and O–H groups in total. The van der Waals surface area contributed by atoms with Crippen molar-refractivity contribution in [1.82, 2.24) is 0 Å². The average molecular weight is 325 g/mol. The Morgan fingerprint density at radius 1 is 1.22 bits per heavy atom. The number of hydrogen-bond acceptors (Lipinski definition) is 3. The van der Waals surface area contributed by atoms with Crippen LogP contribution in [0.15, 0.2) is 48.5 Å². The van der Waals surface area contributed by atoms with Crippen LogP contribution in [-0.2, 0) is 11.2 Å². The van der Waals surface area contributed by atoms with E-state index in [1.165, 1.54) is 5.56 Å². The number of aryl methyl sites for hydroxylation is 1. The molecule has 23 heavy (non-hydrogen) atoms. The van der Waals surface area contributed by atoms with E-state index in [0.29, 0.717) is 17.2 Å². The quantitative estimate of drug-likeness (QED) is 0.849. The van der Waals surface area contributed by atoms with Crippen molar-refractivity contribution in [2.24, 2.45) is 5.73 Å². The van der Waals surface area contributed by atoms with Crippen LogP contribution in [0.25, 0.3) is 0 Å². The van der Waals surface area contributed by atoms with E-state index >= 15 is 0 Å². The van der Waals surface area contributed by atoms with Gasteiger partial charge in [0, 0.05) is 23.5 Å². The number of fused-ring (bicyclic) bond motifs is 1. The summed E-state index contributed by atoms with van der Waals surface area (Å²) in [6, 6.07) is 15.6. The summed E-state index contributed by atoms with van der Waals surface area (Å²) in [5.41, 5.74) is 9.56. The van der Waals surface area contributed by atoms with Crippen molar-refractivity contribution < 1.29 is 4.79 Å². The molecule has 2 aromatic rings. The maximum atomic E-state index is 12.4. The number of nitrogens with zero attached hydrogens (tertiary/aromatic N) is 1. The molecule has 1 amide bonds. The number of thiocarbonyl (C=S) groups is 1. The summed E-state index contributed by atoms with van der Waals surface area (Å²) in [4.78, 5) is 14.8. The van der Waals surface area contributed by atoms with Gasteiger partial charge in [-0.1, -0.05) is 42.5 Å². The summed E-state index contributed by atoms with van der Waals surface area (Å²) in [6.45, 7) is 1.24. The van der Waals surface area contributed by atoms with Crippen LogP contribution in [-0.4, -0.2) is 24.0 Å². The lowest BCUT2D eigenvalue weighted by atomic mass is 10.0. The maximum absolute atomic E-state index is 12.4. The number of carbonyl (C=O) groups is 1.